The molecule has 3 aromatic rings. The first-order valence-electron chi connectivity index (χ1n) is 8.66. The van der Waals surface area contributed by atoms with Gasteiger partial charge in [0.05, 0.1) is 5.69 Å². The second-order valence-electron chi connectivity index (χ2n) is 6.28. The molecule has 6 heteroatoms. The number of carbonyl (C=O) groups is 1. The van der Waals surface area contributed by atoms with E-state index in [1.165, 1.54) is 11.1 Å². The van der Waals surface area contributed by atoms with Crippen molar-refractivity contribution in [2.24, 2.45) is 10.3 Å². The molecule has 1 N–H and O–H groups in total. The Labute approximate surface area is 170 Å². The van der Waals surface area contributed by atoms with Crippen LogP contribution in [0.3, 0.4) is 0 Å². The van der Waals surface area contributed by atoms with Gasteiger partial charge in [0.1, 0.15) is 5.70 Å². The molecule has 1 atom stereocenters. The number of rotatable bonds is 4. The summed E-state index contributed by atoms with van der Waals surface area (Å²) in [5, 5.41) is 21.4. The predicted octanol–water partition coefficient (Wildman–Crippen LogP) is 5.25. The maximum absolute atomic E-state index is 12.7. The Morgan fingerprint density at radius 2 is 1.54 bits per heavy atom. The molecule has 0 aliphatic carbocycles. The van der Waals surface area contributed by atoms with Gasteiger partial charge in [0.25, 0.3) is 0 Å². The van der Waals surface area contributed by atoms with Gasteiger partial charge in [-0.15, -0.1) is 5.11 Å². The molecule has 0 saturated carbocycles. The van der Waals surface area contributed by atoms with E-state index in [9.17, 15) is 9.90 Å². The Hall–Kier alpha value is -3.09. The third kappa shape index (κ3) is 3.28. The first-order chi connectivity index (χ1) is 13.6. The number of halogens is 1. The minimum Gasteiger partial charge on any atom is -0.360 e. The number of nitrogens with zero attached hydrogens (tertiary/aromatic N) is 3. The van der Waals surface area contributed by atoms with Crippen LogP contribution in [0.2, 0.25) is 0 Å². The van der Waals surface area contributed by atoms with Gasteiger partial charge < -0.3 is 5.11 Å². The van der Waals surface area contributed by atoms with Gasteiger partial charge in [-0.1, -0.05) is 81.8 Å². The van der Waals surface area contributed by atoms with Gasteiger partial charge in [-0.05, 0) is 24.3 Å². The summed E-state index contributed by atoms with van der Waals surface area (Å²) in [4.78, 5) is 12.7. The molecule has 0 saturated heterocycles. The van der Waals surface area contributed by atoms with Crippen LogP contribution >= 0.6 is 15.9 Å². The van der Waals surface area contributed by atoms with Crippen LogP contribution in [0.4, 0.5) is 5.69 Å². The monoisotopic (exact) mass is 433 g/mol. The maximum Gasteiger partial charge on any atom is 0.232 e. The summed E-state index contributed by atoms with van der Waals surface area (Å²) >= 11 is 3.41. The van der Waals surface area contributed by atoms with Crippen LogP contribution in [0.5, 0.6) is 0 Å². The van der Waals surface area contributed by atoms with E-state index in [4.69, 9.17) is 0 Å². The summed E-state index contributed by atoms with van der Waals surface area (Å²) in [6, 6.07) is 25.3. The summed E-state index contributed by atoms with van der Waals surface area (Å²) in [5.74, 6) is -0.249. The van der Waals surface area contributed by atoms with E-state index in [1.807, 2.05) is 48.5 Å². The van der Waals surface area contributed by atoms with E-state index in [-0.39, 0.29) is 11.5 Å². The molecule has 0 aromatic heterocycles. The molecule has 1 unspecified atom stereocenters. The zero-order valence-corrected chi connectivity index (χ0v) is 16.3. The quantitative estimate of drug-likeness (QED) is 0.451. The van der Waals surface area contributed by atoms with Crippen molar-refractivity contribution in [2.75, 3.05) is 5.01 Å². The highest BCUT2D eigenvalue weighted by Crippen LogP contribution is 2.42. The lowest BCUT2D eigenvalue weighted by atomic mass is 9.96. The van der Waals surface area contributed by atoms with Crippen LogP contribution in [0.15, 0.2) is 112 Å². The van der Waals surface area contributed by atoms with E-state index >= 15 is 0 Å². The zero-order chi connectivity index (χ0) is 19.6. The fourth-order valence-corrected chi connectivity index (χ4v) is 3.30. The molecule has 1 heterocycles. The molecule has 0 spiro atoms. The number of allylic oxidation sites excluding steroid dienone is 1. The fourth-order valence-electron chi connectivity index (χ4n) is 3.04. The smallest absolute Gasteiger partial charge is 0.232 e. The van der Waals surface area contributed by atoms with Gasteiger partial charge in [0, 0.05) is 21.7 Å². The lowest BCUT2D eigenvalue weighted by Gasteiger charge is -2.32. The molecule has 138 valence electrons. The molecule has 0 radical (unpaired) electrons. The molecule has 1 aliphatic rings. The normalized spacial score (nSPS) is 19.9. The van der Waals surface area contributed by atoms with Crippen LogP contribution in [0, 0.1) is 0 Å². The van der Waals surface area contributed by atoms with Gasteiger partial charge in [-0.2, -0.15) is 0 Å². The summed E-state index contributed by atoms with van der Waals surface area (Å²) in [6.45, 7) is 0. The van der Waals surface area contributed by atoms with Gasteiger partial charge in [-0.25, -0.2) is 5.01 Å². The van der Waals surface area contributed by atoms with Crippen molar-refractivity contribution < 1.29 is 9.90 Å². The second kappa shape index (κ2) is 7.50. The average Bonchev–Trinajstić information content (AvgIpc) is 3.07. The van der Waals surface area contributed by atoms with Crippen molar-refractivity contribution >= 4 is 27.4 Å². The van der Waals surface area contributed by atoms with Crippen LogP contribution in [0.25, 0.3) is 0 Å². The third-order valence-corrected chi connectivity index (χ3v) is 5.01. The van der Waals surface area contributed by atoms with E-state index in [2.05, 4.69) is 26.3 Å². The lowest BCUT2D eigenvalue weighted by Crippen LogP contribution is -2.41. The van der Waals surface area contributed by atoms with Crippen LogP contribution < -0.4 is 5.01 Å². The molecule has 4 rings (SSSR count). The zero-order valence-electron chi connectivity index (χ0n) is 14.7. The van der Waals surface area contributed by atoms with Crippen LogP contribution in [-0.4, -0.2) is 10.9 Å². The number of aliphatic hydroxyl groups is 1. The molecule has 0 amide bonds. The standard InChI is InChI=1S/C22H16BrN3O2/c23-18-11-13-19(14-12-18)26-22(28,17-9-5-2-6-10-17)21(24-25-26)15-20(27)16-7-3-1-4-8-16/h1-15,28H. The number of hydrogen-bond acceptors (Lipinski definition) is 5. The topological polar surface area (TPSA) is 65.3 Å². The van der Waals surface area contributed by atoms with Crippen molar-refractivity contribution in [3.63, 3.8) is 0 Å². The van der Waals surface area contributed by atoms with Crippen molar-refractivity contribution in [3.8, 4) is 0 Å². The molecular formula is C22H16BrN3O2. The van der Waals surface area contributed by atoms with Crippen molar-refractivity contribution in [1.29, 1.82) is 0 Å². The first kappa shape index (κ1) is 18.3. The Morgan fingerprint density at radius 1 is 0.929 bits per heavy atom. The van der Waals surface area contributed by atoms with Gasteiger partial charge >= 0.3 is 0 Å². The number of carbonyl (C=O) groups excluding carboxylic acids is 1. The molecular weight excluding hydrogens is 418 g/mol. The fraction of sp³-hybridized carbons (Fsp3) is 0.0455. The maximum atomic E-state index is 12.7. The van der Waals surface area contributed by atoms with E-state index in [0.29, 0.717) is 16.8 Å². The SMILES string of the molecule is O=C(C=C1N=NN(c2ccc(Br)cc2)C1(O)c1ccccc1)c1ccccc1. The Morgan fingerprint density at radius 3 is 2.18 bits per heavy atom. The largest absolute Gasteiger partial charge is 0.360 e. The molecule has 0 bridgehead atoms. The van der Waals surface area contributed by atoms with Gasteiger partial charge in [0.15, 0.2) is 5.78 Å². The van der Waals surface area contributed by atoms with Gasteiger partial charge in [0.2, 0.25) is 5.72 Å². The summed E-state index contributed by atoms with van der Waals surface area (Å²) < 4.78 is 0.908. The third-order valence-electron chi connectivity index (χ3n) is 4.48. The highest BCUT2D eigenvalue weighted by atomic mass is 79.9. The number of benzene rings is 3. The van der Waals surface area contributed by atoms with Crippen LogP contribution in [-0.2, 0) is 5.72 Å². The van der Waals surface area contributed by atoms with Crippen molar-refractivity contribution in [3.05, 3.63) is 112 Å². The molecule has 0 fully saturated rings. The van der Waals surface area contributed by atoms with E-state index in [1.54, 1.807) is 36.4 Å². The highest BCUT2D eigenvalue weighted by molar-refractivity contribution is 9.10. The highest BCUT2D eigenvalue weighted by Gasteiger charge is 2.46. The molecule has 1 aliphatic heterocycles. The average molecular weight is 434 g/mol. The molecule has 5 nitrogen and oxygen atoms in total. The minimum atomic E-state index is -1.69. The Balaban J connectivity index is 1.80. The minimum absolute atomic E-state index is 0.162. The summed E-state index contributed by atoms with van der Waals surface area (Å²) in [7, 11) is 0. The summed E-state index contributed by atoms with van der Waals surface area (Å²) in [5.41, 5.74) is 0.196. The summed E-state index contributed by atoms with van der Waals surface area (Å²) in [6.07, 6.45) is 1.34. The van der Waals surface area contributed by atoms with Gasteiger partial charge in [-0.3, -0.25) is 4.79 Å². The van der Waals surface area contributed by atoms with E-state index < -0.39 is 5.72 Å². The van der Waals surface area contributed by atoms with Crippen molar-refractivity contribution in [1.82, 2.24) is 0 Å². The molecule has 3 aromatic carbocycles. The predicted molar refractivity (Wildman–Crippen MR) is 111 cm³/mol. The van der Waals surface area contributed by atoms with E-state index in [0.717, 1.165) is 4.47 Å². The molecule has 28 heavy (non-hydrogen) atoms. The Bertz CT molecular complexity index is 1050. The van der Waals surface area contributed by atoms with Crippen LogP contribution in [0.1, 0.15) is 15.9 Å². The second-order valence-corrected chi connectivity index (χ2v) is 7.19. The van der Waals surface area contributed by atoms with Crippen molar-refractivity contribution in [2.45, 2.75) is 5.72 Å². The lowest BCUT2D eigenvalue weighted by molar-refractivity contribution is 0.0809. The Kier molecular flexibility index (Phi) is 4.90. The number of hydrogen-bond donors (Lipinski definition) is 1. The number of anilines is 1. The number of ketones is 1. The first-order valence-corrected chi connectivity index (χ1v) is 9.45.